The molecule has 6 rings (SSSR count). The molecule has 1 saturated heterocycles. The second kappa shape index (κ2) is 12.7. The van der Waals surface area contributed by atoms with Crippen molar-refractivity contribution >= 4 is 34.7 Å². The summed E-state index contributed by atoms with van der Waals surface area (Å²) in [5.41, 5.74) is 3.41. The number of hydrogen-bond acceptors (Lipinski definition) is 9. The number of carbonyl (C=O) groups excluding carboxylic acids is 1. The molecule has 42 heavy (non-hydrogen) atoms. The van der Waals surface area contributed by atoms with Crippen molar-refractivity contribution in [3.05, 3.63) is 94.9 Å². The average Bonchev–Trinajstić information content (AvgIpc) is 3.71. The molecule has 2 aromatic heterocycles. The third kappa shape index (κ3) is 5.83. The van der Waals surface area contributed by atoms with Crippen LogP contribution in [0.2, 0.25) is 0 Å². The molecule has 1 aliphatic heterocycles. The smallest absolute Gasteiger partial charge is 0.273 e. The Bertz CT molecular complexity index is 1660. The first kappa shape index (κ1) is 27.8. The Hall–Kier alpha value is -4.35. The van der Waals surface area contributed by atoms with Gasteiger partial charge in [-0.3, -0.25) is 9.36 Å². The zero-order chi connectivity index (χ0) is 28.9. The van der Waals surface area contributed by atoms with Crippen molar-refractivity contribution in [2.24, 2.45) is 0 Å². The fourth-order valence-electron chi connectivity index (χ4n) is 4.93. The number of nitrogens with zero attached hydrogens (tertiary/aromatic N) is 6. The summed E-state index contributed by atoms with van der Waals surface area (Å²) in [5.74, 6) is 2.87. The molecule has 0 unspecified atom stereocenters. The minimum absolute atomic E-state index is 0.0325. The van der Waals surface area contributed by atoms with E-state index < -0.39 is 0 Å². The minimum atomic E-state index is -0.0325. The van der Waals surface area contributed by atoms with Gasteiger partial charge in [0, 0.05) is 42.8 Å². The Labute approximate surface area is 252 Å². The predicted molar refractivity (Wildman–Crippen MR) is 166 cm³/mol. The number of benzene rings is 3. The van der Waals surface area contributed by atoms with Crippen LogP contribution in [-0.4, -0.2) is 71.0 Å². The van der Waals surface area contributed by atoms with Gasteiger partial charge in [0.25, 0.3) is 5.91 Å². The average molecular weight is 599 g/mol. The number of thioether (sulfide) groups is 1. The topological polar surface area (TPSA) is 85.6 Å². The standard InChI is InChI=1S/C31H30N6O3S2/c1-39-24-12-8-9-22(19-24)29-33-34-31(37(29)23-10-4-3-5-11-23)42-21-28-32-25(20-41-28)30(38)36-17-15-35(16-18-36)26-13-6-7-14-27(26)40-2/h3-14,19-20H,15-18,21H2,1-2H3. The second-order valence-corrected chi connectivity index (χ2v) is 11.5. The highest BCUT2D eigenvalue weighted by atomic mass is 32.2. The lowest BCUT2D eigenvalue weighted by atomic mass is 10.2. The quantitative estimate of drug-likeness (QED) is 0.201. The Morgan fingerprint density at radius 3 is 2.48 bits per heavy atom. The van der Waals surface area contributed by atoms with Crippen LogP contribution >= 0.6 is 23.1 Å². The van der Waals surface area contributed by atoms with Gasteiger partial charge >= 0.3 is 0 Å². The number of methoxy groups -OCH3 is 2. The third-order valence-corrected chi connectivity index (χ3v) is 9.04. The Morgan fingerprint density at radius 1 is 0.905 bits per heavy atom. The molecule has 0 aliphatic carbocycles. The van der Waals surface area contributed by atoms with Gasteiger partial charge in [0.2, 0.25) is 0 Å². The van der Waals surface area contributed by atoms with E-state index in [0.29, 0.717) is 24.5 Å². The van der Waals surface area contributed by atoms with Crippen LogP contribution in [-0.2, 0) is 5.75 Å². The maximum Gasteiger partial charge on any atom is 0.273 e. The molecule has 11 heteroatoms. The van der Waals surface area contributed by atoms with Crippen molar-refractivity contribution in [2.45, 2.75) is 10.9 Å². The number of amides is 1. The molecule has 3 heterocycles. The Kier molecular flexibility index (Phi) is 8.38. The molecule has 0 spiro atoms. The number of anilines is 1. The zero-order valence-electron chi connectivity index (χ0n) is 23.3. The van der Waals surface area contributed by atoms with Crippen LogP contribution in [0.1, 0.15) is 15.5 Å². The van der Waals surface area contributed by atoms with E-state index in [1.165, 1.54) is 11.3 Å². The molecule has 3 aromatic carbocycles. The largest absolute Gasteiger partial charge is 0.497 e. The van der Waals surface area contributed by atoms with E-state index in [2.05, 4.69) is 21.2 Å². The summed E-state index contributed by atoms with van der Waals surface area (Å²) in [6.45, 7) is 2.74. The fourth-order valence-corrected chi connectivity index (χ4v) is 6.67. The molecule has 1 amide bonds. The van der Waals surface area contributed by atoms with Crippen LogP contribution in [0.4, 0.5) is 5.69 Å². The van der Waals surface area contributed by atoms with Crippen molar-refractivity contribution < 1.29 is 14.3 Å². The maximum absolute atomic E-state index is 13.3. The lowest BCUT2D eigenvalue weighted by Gasteiger charge is -2.36. The summed E-state index contributed by atoms with van der Waals surface area (Å²) in [7, 11) is 3.33. The normalized spacial score (nSPS) is 13.3. The molecular weight excluding hydrogens is 569 g/mol. The molecule has 0 bridgehead atoms. The van der Waals surface area contributed by atoms with Crippen molar-refractivity contribution in [1.29, 1.82) is 0 Å². The molecule has 9 nitrogen and oxygen atoms in total. The van der Waals surface area contributed by atoms with Crippen molar-refractivity contribution in [2.75, 3.05) is 45.3 Å². The molecule has 1 aliphatic rings. The van der Waals surface area contributed by atoms with Gasteiger partial charge in [-0.2, -0.15) is 0 Å². The summed E-state index contributed by atoms with van der Waals surface area (Å²) < 4.78 is 13.0. The molecule has 1 fully saturated rings. The van der Waals surface area contributed by atoms with E-state index >= 15 is 0 Å². The number of piperazine rings is 1. The van der Waals surface area contributed by atoms with Crippen LogP contribution < -0.4 is 14.4 Å². The number of ether oxygens (including phenoxy) is 2. The van der Waals surface area contributed by atoms with E-state index in [9.17, 15) is 4.79 Å². The first-order chi connectivity index (χ1) is 20.6. The van der Waals surface area contributed by atoms with E-state index in [0.717, 1.165) is 57.5 Å². The molecule has 0 radical (unpaired) electrons. The van der Waals surface area contributed by atoms with Gasteiger partial charge < -0.3 is 19.3 Å². The second-order valence-electron chi connectivity index (χ2n) is 9.58. The summed E-state index contributed by atoms with van der Waals surface area (Å²) in [4.78, 5) is 22.1. The fraction of sp³-hybridized carbons (Fsp3) is 0.226. The Balaban J connectivity index is 1.14. The van der Waals surface area contributed by atoms with Gasteiger partial charge in [-0.05, 0) is 36.4 Å². The highest BCUT2D eigenvalue weighted by Crippen LogP contribution is 2.32. The Morgan fingerprint density at radius 2 is 1.69 bits per heavy atom. The summed E-state index contributed by atoms with van der Waals surface area (Å²) >= 11 is 3.04. The minimum Gasteiger partial charge on any atom is -0.497 e. The third-order valence-electron chi connectivity index (χ3n) is 7.06. The molecule has 214 valence electrons. The van der Waals surface area contributed by atoms with Crippen LogP contribution in [0.25, 0.3) is 17.1 Å². The number of carbonyl (C=O) groups is 1. The van der Waals surface area contributed by atoms with Crippen LogP contribution in [0.5, 0.6) is 11.5 Å². The maximum atomic E-state index is 13.3. The SMILES string of the molecule is COc1cccc(-c2nnc(SCc3nc(C(=O)N4CCN(c5ccccc5OC)CC4)cs3)n2-c2ccccc2)c1. The van der Waals surface area contributed by atoms with Gasteiger partial charge in [0.15, 0.2) is 11.0 Å². The van der Waals surface area contributed by atoms with Gasteiger partial charge in [0.05, 0.1) is 25.7 Å². The van der Waals surface area contributed by atoms with Crippen LogP contribution in [0.15, 0.2) is 89.4 Å². The zero-order valence-corrected chi connectivity index (χ0v) is 25.0. The van der Waals surface area contributed by atoms with Gasteiger partial charge in [-0.15, -0.1) is 21.5 Å². The molecule has 0 atom stereocenters. The number of rotatable bonds is 9. The highest BCUT2D eigenvalue weighted by molar-refractivity contribution is 7.98. The number of hydrogen-bond donors (Lipinski definition) is 0. The number of thiazole rings is 1. The summed E-state index contributed by atoms with van der Waals surface area (Å²) in [6, 6.07) is 25.8. The van der Waals surface area contributed by atoms with Gasteiger partial charge in [-0.25, -0.2) is 4.98 Å². The summed E-state index contributed by atoms with van der Waals surface area (Å²) in [6.07, 6.45) is 0. The lowest BCUT2D eigenvalue weighted by molar-refractivity contribution is 0.0741. The first-order valence-corrected chi connectivity index (χ1v) is 15.4. The molecule has 0 N–H and O–H groups in total. The monoisotopic (exact) mass is 598 g/mol. The highest BCUT2D eigenvalue weighted by Gasteiger charge is 2.25. The van der Waals surface area contributed by atoms with Crippen molar-refractivity contribution in [3.63, 3.8) is 0 Å². The van der Waals surface area contributed by atoms with E-state index in [4.69, 9.17) is 14.5 Å². The summed E-state index contributed by atoms with van der Waals surface area (Å²) in [5, 5.41) is 12.5. The van der Waals surface area contributed by atoms with Crippen LogP contribution in [0.3, 0.4) is 0 Å². The van der Waals surface area contributed by atoms with E-state index in [-0.39, 0.29) is 5.91 Å². The molecular formula is C31H30N6O3S2. The van der Waals surface area contributed by atoms with E-state index in [1.54, 1.807) is 26.0 Å². The van der Waals surface area contributed by atoms with Gasteiger partial charge in [0.1, 0.15) is 22.2 Å². The lowest BCUT2D eigenvalue weighted by Crippen LogP contribution is -2.49. The van der Waals surface area contributed by atoms with Crippen molar-refractivity contribution in [3.8, 4) is 28.6 Å². The predicted octanol–water partition coefficient (Wildman–Crippen LogP) is 5.66. The van der Waals surface area contributed by atoms with Crippen LogP contribution in [0, 0.1) is 0 Å². The molecule has 5 aromatic rings. The molecule has 0 saturated carbocycles. The number of para-hydroxylation sites is 3. The van der Waals surface area contributed by atoms with E-state index in [1.807, 2.05) is 87.6 Å². The first-order valence-electron chi connectivity index (χ1n) is 13.5. The van der Waals surface area contributed by atoms with Crippen molar-refractivity contribution in [1.82, 2.24) is 24.6 Å². The van der Waals surface area contributed by atoms with Gasteiger partial charge in [-0.1, -0.05) is 54.2 Å². The number of aromatic nitrogens is 4.